The van der Waals surface area contributed by atoms with Gasteiger partial charge < -0.3 is 0 Å². The summed E-state index contributed by atoms with van der Waals surface area (Å²) in [6, 6.07) is 0. The molecule has 0 aromatic rings. The zero-order chi connectivity index (χ0) is 11.2. The first kappa shape index (κ1) is 15.2. The topological polar surface area (TPSA) is 0 Å². The summed E-state index contributed by atoms with van der Waals surface area (Å²) in [5, 5.41) is 0. The highest BCUT2D eigenvalue weighted by Crippen LogP contribution is 2.17. The van der Waals surface area contributed by atoms with Crippen molar-refractivity contribution in [2.75, 3.05) is 12.3 Å². The fraction of sp³-hybridized carbons (Fsp3) is 0.857. The van der Waals surface area contributed by atoms with Gasteiger partial charge in [0.25, 0.3) is 0 Å². The molecule has 0 amide bonds. The molecule has 0 aliphatic heterocycles. The van der Waals surface area contributed by atoms with Gasteiger partial charge in [-0.3, -0.25) is 0 Å². The van der Waals surface area contributed by atoms with E-state index in [1.54, 1.807) is 0 Å². The Balaban J connectivity index is 2.83. The molecule has 0 fully saturated rings. The third kappa shape index (κ3) is 14.2. The summed E-state index contributed by atoms with van der Waals surface area (Å²) in [5.41, 5.74) is 0. The Morgan fingerprint density at radius 3 is 2.07 bits per heavy atom. The van der Waals surface area contributed by atoms with Crippen LogP contribution in [-0.2, 0) is 0 Å². The van der Waals surface area contributed by atoms with E-state index in [0.717, 1.165) is 0 Å². The normalized spacial score (nSPS) is 11.3. The minimum atomic E-state index is 1.21. The van der Waals surface area contributed by atoms with Gasteiger partial charge in [0.1, 0.15) is 0 Å². The molecule has 0 aliphatic rings. The Bertz CT molecular complexity index is 121. The number of unbranched alkanes of at least 4 members (excludes halogenated alkanes) is 7. The van der Waals surface area contributed by atoms with E-state index in [4.69, 9.17) is 0 Å². The predicted molar refractivity (Wildman–Crippen MR) is 75.5 cm³/mol. The molecule has 0 nitrogen and oxygen atoms in total. The van der Waals surface area contributed by atoms with Gasteiger partial charge in [-0.2, -0.15) is 0 Å². The van der Waals surface area contributed by atoms with Crippen molar-refractivity contribution in [2.45, 2.75) is 64.7 Å². The molecule has 0 rings (SSSR count). The Labute approximate surface area is 98.7 Å². The summed E-state index contributed by atoms with van der Waals surface area (Å²) in [5.74, 6) is 0. The van der Waals surface area contributed by atoms with Crippen molar-refractivity contribution >= 4 is 8.58 Å². The highest BCUT2D eigenvalue weighted by atomic mass is 31.1. The molecule has 0 heterocycles. The number of rotatable bonds is 12. The van der Waals surface area contributed by atoms with Crippen molar-refractivity contribution in [2.24, 2.45) is 0 Å². The first-order valence-corrected chi connectivity index (χ1v) is 8.14. The second-order valence-electron chi connectivity index (χ2n) is 4.30. The molecule has 0 radical (unpaired) electrons. The van der Waals surface area contributed by atoms with Crippen molar-refractivity contribution in [3.8, 4) is 0 Å². The number of allylic oxidation sites excluding steroid dienone is 1. The summed E-state index contributed by atoms with van der Waals surface area (Å²) in [6.07, 6.45) is 17.6. The minimum absolute atomic E-state index is 1.21. The number of hydrogen-bond acceptors (Lipinski definition) is 0. The largest absolute Gasteiger partial charge is 0.122 e. The quantitative estimate of drug-likeness (QED) is 0.239. The van der Waals surface area contributed by atoms with Crippen molar-refractivity contribution in [3.05, 3.63) is 12.7 Å². The van der Waals surface area contributed by atoms with Gasteiger partial charge in [0.15, 0.2) is 0 Å². The molecular formula is C14H29P. The van der Waals surface area contributed by atoms with Crippen molar-refractivity contribution < 1.29 is 0 Å². The maximum Gasteiger partial charge on any atom is -0.0353 e. The molecule has 1 unspecified atom stereocenters. The van der Waals surface area contributed by atoms with Crippen LogP contribution in [0.3, 0.4) is 0 Å². The van der Waals surface area contributed by atoms with Crippen LogP contribution >= 0.6 is 8.58 Å². The monoisotopic (exact) mass is 228 g/mol. The summed E-state index contributed by atoms with van der Waals surface area (Å²) in [4.78, 5) is 0. The lowest BCUT2D eigenvalue weighted by atomic mass is 10.2. The summed E-state index contributed by atoms with van der Waals surface area (Å²) >= 11 is 0. The van der Waals surface area contributed by atoms with Gasteiger partial charge in [-0.05, 0) is 38.0 Å². The smallest absolute Gasteiger partial charge is 0.0353 e. The molecule has 90 valence electrons. The van der Waals surface area contributed by atoms with Crippen LogP contribution in [-0.4, -0.2) is 12.3 Å². The molecule has 1 atom stereocenters. The molecule has 0 aromatic carbocycles. The second-order valence-corrected chi connectivity index (χ2v) is 5.80. The third-order valence-electron chi connectivity index (χ3n) is 2.72. The van der Waals surface area contributed by atoms with E-state index in [-0.39, 0.29) is 0 Å². The SMILES string of the molecule is C=CCCCCCCPCCCCCC. The standard InChI is InChI=1S/C14H29P/c1-3-5-7-9-10-12-14-15-13-11-8-6-4-2/h3,15H,1,4-14H2,2H3. The molecule has 0 bridgehead atoms. The maximum absolute atomic E-state index is 3.74. The van der Waals surface area contributed by atoms with E-state index in [1.165, 1.54) is 78.7 Å². The molecule has 1 heteroatoms. The average molecular weight is 228 g/mol. The molecule has 0 saturated carbocycles. The fourth-order valence-electron chi connectivity index (χ4n) is 1.69. The van der Waals surface area contributed by atoms with Gasteiger partial charge >= 0.3 is 0 Å². The van der Waals surface area contributed by atoms with Crippen molar-refractivity contribution in [3.63, 3.8) is 0 Å². The van der Waals surface area contributed by atoms with Gasteiger partial charge in [0, 0.05) is 0 Å². The van der Waals surface area contributed by atoms with E-state index in [9.17, 15) is 0 Å². The minimum Gasteiger partial charge on any atom is -0.122 e. The Hall–Kier alpha value is 0.170. The number of hydrogen-bond donors (Lipinski definition) is 0. The van der Waals surface area contributed by atoms with E-state index in [2.05, 4.69) is 13.5 Å². The van der Waals surface area contributed by atoms with E-state index in [1.807, 2.05) is 6.08 Å². The molecule has 0 N–H and O–H groups in total. The van der Waals surface area contributed by atoms with Crippen LogP contribution in [0.25, 0.3) is 0 Å². The summed E-state index contributed by atoms with van der Waals surface area (Å²) < 4.78 is 0. The highest BCUT2D eigenvalue weighted by Gasteiger charge is 1.91. The van der Waals surface area contributed by atoms with Crippen molar-refractivity contribution in [1.29, 1.82) is 0 Å². The Kier molecular flexibility index (Phi) is 14.3. The van der Waals surface area contributed by atoms with Gasteiger partial charge in [-0.25, -0.2) is 0 Å². The van der Waals surface area contributed by atoms with Gasteiger partial charge in [0.2, 0.25) is 0 Å². The lowest BCUT2D eigenvalue weighted by Crippen LogP contribution is -1.83. The summed E-state index contributed by atoms with van der Waals surface area (Å²) in [7, 11) is 1.24. The molecular weight excluding hydrogens is 199 g/mol. The van der Waals surface area contributed by atoms with Crippen LogP contribution in [0, 0.1) is 0 Å². The fourth-order valence-corrected chi connectivity index (χ4v) is 2.94. The molecule has 0 aromatic heterocycles. The molecule has 0 saturated heterocycles. The van der Waals surface area contributed by atoms with E-state index >= 15 is 0 Å². The molecule has 0 aliphatic carbocycles. The zero-order valence-electron chi connectivity index (χ0n) is 10.6. The van der Waals surface area contributed by atoms with E-state index < -0.39 is 0 Å². The van der Waals surface area contributed by atoms with Crippen LogP contribution in [0.2, 0.25) is 0 Å². The van der Waals surface area contributed by atoms with Crippen LogP contribution in [0.5, 0.6) is 0 Å². The molecule has 15 heavy (non-hydrogen) atoms. The van der Waals surface area contributed by atoms with Gasteiger partial charge in [0.05, 0.1) is 0 Å². The Morgan fingerprint density at radius 1 is 0.867 bits per heavy atom. The highest BCUT2D eigenvalue weighted by molar-refractivity contribution is 7.37. The van der Waals surface area contributed by atoms with Crippen LogP contribution in [0.4, 0.5) is 0 Å². The van der Waals surface area contributed by atoms with Crippen LogP contribution in [0.15, 0.2) is 12.7 Å². The second kappa shape index (κ2) is 14.2. The third-order valence-corrected chi connectivity index (χ3v) is 4.13. The average Bonchev–Trinajstić information content (AvgIpc) is 2.26. The van der Waals surface area contributed by atoms with E-state index in [0.29, 0.717) is 0 Å². The van der Waals surface area contributed by atoms with Crippen molar-refractivity contribution in [1.82, 2.24) is 0 Å². The zero-order valence-corrected chi connectivity index (χ0v) is 11.6. The Morgan fingerprint density at radius 2 is 1.47 bits per heavy atom. The van der Waals surface area contributed by atoms with Crippen LogP contribution in [0.1, 0.15) is 64.7 Å². The predicted octanol–water partition coefficient (Wildman–Crippen LogP) is 5.38. The molecule has 0 spiro atoms. The lowest BCUT2D eigenvalue weighted by molar-refractivity contribution is 0.676. The lowest BCUT2D eigenvalue weighted by Gasteiger charge is -2.01. The summed E-state index contributed by atoms with van der Waals surface area (Å²) in [6.45, 7) is 6.03. The van der Waals surface area contributed by atoms with Gasteiger partial charge in [-0.15, -0.1) is 15.2 Å². The first-order chi connectivity index (χ1) is 7.41. The van der Waals surface area contributed by atoms with Gasteiger partial charge in [-0.1, -0.05) is 45.1 Å². The maximum atomic E-state index is 3.74. The first-order valence-electron chi connectivity index (χ1n) is 6.73. The van der Waals surface area contributed by atoms with Crippen LogP contribution < -0.4 is 0 Å².